The molecule has 218 valence electrons. The summed E-state index contributed by atoms with van der Waals surface area (Å²) in [6.45, 7) is 13.4. The quantitative estimate of drug-likeness (QED) is 0.185. The summed E-state index contributed by atoms with van der Waals surface area (Å²) in [5.41, 5.74) is 9.69. The number of benzene rings is 4. The zero-order chi connectivity index (χ0) is 31.5. The Labute approximate surface area is 266 Å². The smallest absolute Gasteiger partial charge is 0.131 e. The van der Waals surface area contributed by atoms with Crippen LogP contribution in [0.4, 0.5) is 16.4 Å². The Morgan fingerprint density at radius 2 is 0.909 bits per heavy atom. The van der Waals surface area contributed by atoms with E-state index in [1.807, 2.05) is 24.3 Å². The number of hydrogen-bond donors (Lipinski definition) is 0. The van der Waals surface area contributed by atoms with E-state index in [2.05, 4.69) is 144 Å². The highest BCUT2D eigenvalue weighted by Crippen LogP contribution is 2.41. The highest BCUT2D eigenvalue weighted by Gasteiger charge is 2.17. The van der Waals surface area contributed by atoms with E-state index in [9.17, 15) is 10.5 Å². The number of nitrogens with zero attached hydrogens (tertiary/aromatic N) is 3. The minimum atomic E-state index is 0.0913. The van der Waals surface area contributed by atoms with E-state index in [1.165, 1.54) is 22.3 Å². The van der Waals surface area contributed by atoms with Crippen molar-refractivity contribution in [1.29, 1.82) is 10.5 Å². The van der Waals surface area contributed by atoms with E-state index < -0.39 is 0 Å². The molecule has 4 aromatic carbocycles. The maximum atomic E-state index is 9.26. The third-order valence-electron chi connectivity index (χ3n) is 7.78. The van der Waals surface area contributed by atoms with Gasteiger partial charge < -0.3 is 4.90 Å². The molecule has 0 atom stereocenters. The van der Waals surface area contributed by atoms with Gasteiger partial charge in [-0.3, -0.25) is 0 Å². The van der Waals surface area contributed by atoms with E-state index in [4.69, 9.17) is 0 Å². The second kappa shape index (κ2) is 12.4. The average molecular weight is 592 g/mol. The van der Waals surface area contributed by atoms with Crippen molar-refractivity contribution < 1.29 is 0 Å². The Kier molecular flexibility index (Phi) is 8.59. The molecule has 0 amide bonds. The average Bonchev–Trinajstić information content (AvgIpc) is 3.48. The molecule has 0 aliphatic rings. The van der Waals surface area contributed by atoms with Crippen molar-refractivity contribution in [1.82, 2.24) is 0 Å². The number of thiophene rings is 1. The Morgan fingerprint density at radius 3 is 1.25 bits per heavy atom. The molecule has 0 saturated carbocycles. The molecule has 44 heavy (non-hydrogen) atoms. The Morgan fingerprint density at radius 1 is 0.545 bits per heavy atom. The van der Waals surface area contributed by atoms with Gasteiger partial charge in [0.2, 0.25) is 0 Å². The minimum absolute atomic E-state index is 0.0913. The molecular weight excluding hydrogens is 555 g/mol. The first-order valence-corrected chi connectivity index (χ1v) is 15.6. The molecule has 0 N–H and O–H groups in total. The topological polar surface area (TPSA) is 50.8 Å². The molecule has 4 heteroatoms. The van der Waals surface area contributed by atoms with Crippen molar-refractivity contribution in [3.63, 3.8) is 0 Å². The van der Waals surface area contributed by atoms with Gasteiger partial charge >= 0.3 is 0 Å². The number of nitriles is 2. The van der Waals surface area contributed by atoms with E-state index in [0.29, 0.717) is 0 Å². The predicted molar refractivity (Wildman–Crippen MR) is 186 cm³/mol. The zero-order valence-electron chi connectivity index (χ0n) is 26.2. The zero-order valence-corrected chi connectivity index (χ0v) is 27.0. The number of hydrogen-bond acceptors (Lipinski definition) is 4. The lowest BCUT2D eigenvalue weighted by atomic mass is 9.86. The van der Waals surface area contributed by atoms with Crippen LogP contribution in [-0.2, 0) is 10.8 Å². The fraction of sp³-hybridized carbons (Fsp3) is 0.200. The number of anilines is 3. The molecule has 0 aliphatic heterocycles. The van der Waals surface area contributed by atoms with Gasteiger partial charge in [0.25, 0.3) is 0 Å². The maximum absolute atomic E-state index is 9.26. The Bertz CT molecular complexity index is 1730. The van der Waals surface area contributed by atoms with Crippen LogP contribution in [0, 0.1) is 22.7 Å². The monoisotopic (exact) mass is 591 g/mol. The highest BCUT2D eigenvalue weighted by atomic mass is 32.1. The van der Waals surface area contributed by atoms with Crippen molar-refractivity contribution >= 4 is 33.8 Å². The molecule has 0 bridgehead atoms. The van der Waals surface area contributed by atoms with E-state index in [1.54, 1.807) is 17.4 Å². The summed E-state index contributed by atoms with van der Waals surface area (Å²) in [5, 5.41) is 19.5. The van der Waals surface area contributed by atoms with Gasteiger partial charge in [0.1, 0.15) is 22.7 Å². The Balaban J connectivity index is 1.50. The van der Waals surface area contributed by atoms with E-state index in [0.717, 1.165) is 32.4 Å². The van der Waals surface area contributed by atoms with Gasteiger partial charge in [-0.15, -0.1) is 11.3 Å². The lowest BCUT2D eigenvalue weighted by molar-refractivity contribution is 0.590. The van der Waals surface area contributed by atoms with Crippen LogP contribution in [0.3, 0.4) is 0 Å². The van der Waals surface area contributed by atoms with Crippen molar-refractivity contribution in [3.05, 3.63) is 131 Å². The maximum Gasteiger partial charge on any atom is 0.131 e. The van der Waals surface area contributed by atoms with Crippen LogP contribution in [0.2, 0.25) is 0 Å². The molecule has 1 aromatic heterocycles. The normalized spacial score (nSPS) is 11.4. The minimum Gasteiger partial charge on any atom is -0.302 e. The van der Waals surface area contributed by atoms with Crippen LogP contribution in [0.15, 0.2) is 115 Å². The third-order valence-corrected chi connectivity index (χ3v) is 8.80. The lowest BCUT2D eigenvalue weighted by Crippen LogP contribution is -2.10. The molecule has 0 unspecified atom stereocenters. The molecule has 0 spiro atoms. The van der Waals surface area contributed by atoms with Crippen molar-refractivity contribution in [3.8, 4) is 34.4 Å². The van der Waals surface area contributed by atoms with Crippen LogP contribution in [0.1, 0.15) is 57.5 Å². The highest BCUT2D eigenvalue weighted by molar-refractivity contribution is 7.17. The molecule has 0 radical (unpaired) electrons. The summed E-state index contributed by atoms with van der Waals surface area (Å²) in [6, 6.07) is 42.8. The fourth-order valence-electron chi connectivity index (χ4n) is 5.11. The third kappa shape index (κ3) is 6.84. The van der Waals surface area contributed by atoms with Crippen molar-refractivity contribution in [2.75, 3.05) is 4.90 Å². The summed E-state index contributed by atoms with van der Waals surface area (Å²) in [5.74, 6) is 0. The van der Waals surface area contributed by atoms with Crippen LogP contribution in [-0.4, -0.2) is 0 Å². The van der Waals surface area contributed by atoms with Gasteiger partial charge in [0, 0.05) is 16.3 Å². The van der Waals surface area contributed by atoms with Gasteiger partial charge in [0.15, 0.2) is 0 Å². The first-order valence-electron chi connectivity index (χ1n) is 14.8. The first-order chi connectivity index (χ1) is 21.0. The summed E-state index contributed by atoms with van der Waals surface area (Å²) < 4.78 is 0. The Hall–Kier alpha value is -4.90. The molecular formula is C40H37N3S. The SMILES string of the molecule is CC(C)(C)c1ccc(-c2ccc(N(c3ccc(-c4ccc(C(C)(C)C)cc4)cc3)c3ccc(C=C(C#N)C#N)s3)cc2)cc1. The van der Waals surface area contributed by atoms with Crippen LogP contribution >= 0.6 is 11.3 Å². The van der Waals surface area contributed by atoms with E-state index in [-0.39, 0.29) is 16.4 Å². The summed E-state index contributed by atoms with van der Waals surface area (Å²) >= 11 is 1.55. The molecule has 5 rings (SSSR count). The second-order valence-electron chi connectivity index (χ2n) is 13.0. The molecule has 0 saturated heterocycles. The van der Waals surface area contributed by atoms with Gasteiger partial charge in [-0.05, 0) is 86.7 Å². The van der Waals surface area contributed by atoms with Crippen LogP contribution < -0.4 is 4.90 Å². The molecule has 5 aromatic rings. The standard InChI is InChI=1S/C40H37N3S/c1-39(2,3)33-15-7-29(8-16-33)31-11-19-35(20-12-31)43(38-24-23-37(44-38)25-28(26-41)27-42)36-21-13-32(14-22-36)30-9-17-34(18-10-30)40(4,5)6/h7-25H,1-6H3. The molecule has 3 nitrogen and oxygen atoms in total. The molecule has 0 fully saturated rings. The summed E-state index contributed by atoms with van der Waals surface area (Å²) in [7, 11) is 0. The number of allylic oxidation sites excluding steroid dienone is 1. The largest absolute Gasteiger partial charge is 0.302 e. The predicted octanol–water partition coefficient (Wildman–Crippen LogP) is 11.6. The van der Waals surface area contributed by atoms with Crippen molar-refractivity contribution in [2.45, 2.75) is 52.4 Å². The molecule has 1 heterocycles. The van der Waals surface area contributed by atoms with Crippen LogP contribution in [0.25, 0.3) is 28.3 Å². The first kappa shape index (κ1) is 30.6. The van der Waals surface area contributed by atoms with E-state index >= 15 is 0 Å². The van der Waals surface area contributed by atoms with Gasteiger partial charge in [-0.1, -0.05) is 114 Å². The fourth-order valence-corrected chi connectivity index (χ4v) is 6.10. The summed E-state index contributed by atoms with van der Waals surface area (Å²) in [4.78, 5) is 3.08. The molecule has 0 aliphatic carbocycles. The number of rotatable bonds is 6. The van der Waals surface area contributed by atoms with Crippen LogP contribution in [0.5, 0.6) is 0 Å². The van der Waals surface area contributed by atoms with Gasteiger partial charge in [-0.25, -0.2) is 0 Å². The summed E-state index contributed by atoms with van der Waals surface area (Å²) in [6.07, 6.45) is 1.64. The lowest BCUT2D eigenvalue weighted by Gasteiger charge is -2.24. The van der Waals surface area contributed by atoms with Crippen molar-refractivity contribution in [2.24, 2.45) is 0 Å². The van der Waals surface area contributed by atoms with Gasteiger partial charge in [-0.2, -0.15) is 10.5 Å². The van der Waals surface area contributed by atoms with Gasteiger partial charge in [0.05, 0.1) is 0 Å². The second-order valence-corrected chi connectivity index (χ2v) is 14.1.